The van der Waals surface area contributed by atoms with Crippen LogP contribution in [0.5, 0.6) is 5.75 Å². The second kappa shape index (κ2) is 10.00. The molecule has 162 valence electrons. The monoisotopic (exact) mass is 419 g/mol. The molecule has 2 atom stereocenters. The molecule has 1 fully saturated rings. The molecule has 2 aromatic rings. The number of quaternary nitrogens is 2. The highest BCUT2D eigenvalue weighted by Crippen LogP contribution is 2.17. The van der Waals surface area contributed by atoms with Crippen LogP contribution in [0.15, 0.2) is 42.5 Å². The molecule has 0 bridgehead atoms. The number of ether oxygens (including phenoxy) is 1. The number of piperazine rings is 1. The highest BCUT2D eigenvalue weighted by molar-refractivity contribution is 5.80. The number of methoxy groups -OCH3 is 1. The zero-order chi connectivity index (χ0) is 21.7. The summed E-state index contributed by atoms with van der Waals surface area (Å²) < 4.78 is 32.0. The Hall–Kier alpha value is -2.51. The van der Waals surface area contributed by atoms with Crippen LogP contribution in [-0.4, -0.2) is 45.2 Å². The van der Waals surface area contributed by atoms with E-state index in [4.69, 9.17) is 4.74 Å². The lowest BCUT2D eigenvalue weighted by molar-refractivity contribution is -1.02. The summed E-state index contributed by atoms with van der Waals surface area (Å²) in [6.45, 7) is 8.23. The van der Waals surface area contributed by atoms with Crippen molar-refractivity contribution in [2.45, 2.75) is 32.5 Å². The number of hydrogen-bond acceptors (Lipinski definition) is 2. The highest BCUT2D eigenvalue weighted by atomic mass is 19.1. The van der Waals surface area contributed by atoms with Crippen molar-refractivity contribution in [2.75, 3.05) is 33.3 Å². The molecule has 0 spiro atoms. The van der Waals surface area contributed by atoms with Gasteiger partial charge in [0, 0.05) is 5.56 Å². The fraction of sp³-hybridized carbons (Fsp3) is 0.435. The van der Waals surface area contributed by atoms with E-state index in [1.54, 1.807) is 18.2 Å². The van der Waals surface area contributed by atoms with Crippen LogP contribution in [0.1, 0.15) is 31.0 Å². The van der Waals surface area contributed by atoms with E-state index in [2.05, 4.69) is 5.32 Å². The fourth-order valence-corrected chi connectivity index (χ4v) is 4.00. The quantitative estimate of drug-likeness (QED) is 0.613. The van der Waals surface area contributed by atoms with Crippen LogP contribution in [0.3, 0.4) is 0 Å². The summed E-state index contributed by atoms with van der Waals surface area (Å²) in [5.41, 5.74) is 1.83. The van der Waals surface area contributed by atoms with Gasteiger partial charge in [-0.15, -0.1) is 0 Å². The molecule has 1 saturated heterocycles. The fourth-order valence-electron chi connectivity index (χ4n) is 4.00. The number of rotatable bonds is 7. The number of nitrogens with one attached hydrogen (secondary N) is 3. The molecule has 0 radical (unpaired) electrons. The van der Waals surface area contributed by atoms with E-state index < -0.39 is 0 Å². The molecule has 0 aromatic heterocycles. The maximum absolute atomic E-state index is 13.9. The van der Waals surface area contributed by atoms with Crippen LogP contribution in [0.2, 0.25) is 0 Å². The Labute approximate surface area is 176 Å². The molecule has 0 aliphatic carbocycles. The van der Waals surface area contributed by atoms with Gasteiger partial charge in [-0.05, 0) is 49.7 Å². The van der Waals surface area contributed by atoms with Gasteiger partial charge >= 0.3 is 0 Å². The SMILES string of the molecule is COc1ccc(C[NH+]2CC[NH+]([C@@H](C)C(=O)N[C@@H](C)c3ccc(F)cc3)CC2)cc1F. The molecule has 0 unspecified atom stereocenters. The molecule has 30 heavy (non-hydrogen) atoms. The molecule has 1 amide bonds. The lowest BCUT2D eigenvalue weighted by Gasteiger charge is -2.33. The molecule has 7 heteroatoms. The maximum atomic E-state index is 13.9. The number of carbonyl (C=O) groups is 1. The summed E-state index contributed by atoms with van der Waals surface area (Å²) in [6, 6.07) is 11.0. The largest absolute Gasteiger partial charge is 0.494 e. The number of carbonyl (C=O) groups excluding carboxylic acids is 1. The van der Waals surface area contributed by atoms with Gasteiger partial charge < -0.3 is 19.9 Å². The Morgan fingerprint density at radius 1 is 1.07 bits per heavy atom. The first kappa shape index (κ1) is 22.2. The molecule has 1 aliphatic heterocycles. The Morgan fingerprint density at radius 2 is 1.73 bits per heavy atom. The van der Waals surface area contributed by atoms with Crippen molar-refractivity contribution in [3.8, 4) is 5.75 Å². The summed E-state index contributed by atoms with van der Waals surface area (Å²) in [4.78, 5) is 15.3. The zero-order valence-corrected chi connectivity index (χ0v) is 17.8. The minimum Gasteiger partial charge on any atom is -0.494 e. The second-order valence-corrected chi connectivity index (χ2v) is 8.06. The smallest absolute Gasteiger partial charge is 0.278 e. The Kier molecular flexibility index (Phi) is 7.39. The molecule has 1 aliphatic rings. The average Bonchev–Trinajstić information content (AvgIpc) is 2.74. The van der Waals surface area contributed by atoms with Crippen molar-refractivity contribution >= 4 is 5.91 Å². The van der Waals surface area contributed by atoms with Gasteiger partial charge in [0.2, 0.25) is 0 Å². The summed E-state index contributed by atoms with van der Waals surface area (Å²) in [5, 5.41) is 3.04. The second-order valence-electron chi connectivity index (χ2n) is 8.06. The first-order valence-corrected chi connectivity index (χ1v) is 10.4. The molecule has 1 heterocycles. The van der Waals surface area contributed by atoms with Gasteiger partial charge in [0.05, 0.1) is 13.2 Å². The van der Waals surface area contributed by atoms with Crippen LogP contribution in [0, 0.1) is 11.6 Å². The van der Waals surface area contributed by atoms with Gasteiger partial charge in [0.25, 0.3) is 5.91 Å². The van der Waals surface area contributed by atoms with Gasteiger partial charge in [0.1, 0.15) is 38.5 Å². The summed E-state index contributed by atoms with van der Waals surface area (Å²) in [5.74, 6) is -0.354. The third-order valence-electron chi connectivity index (χ3n) is 6.00. The van der Waals surface area contributed by atoms with Crippen molar-refractivity contribution in [1.29, 1.82) is 0 Å². The Balaban J connectivity index is 1.48. The van der Waals surface area contributed by atoms with Crippen LogP contribution in [-0.2, 0) is 11.3 Å². The first-order chi connectivity index (χ1) is 14.4. The normalized spacial score (nSPS) is 21.0. The summed E-state index contributed by atoms with van der Waals surface area (Å²) in [6.07, 6.45) is 0. The predicted octanol–water partition coefficient (Wildman–Crippen LogP) is 0.523. The van der Waals surface area contributed by atoms with E-state index >= 15 is 0 Å². The molecule has 5 nitrogen and oxygen atoms in total. The predicted molar refractivity (Wildman–Crippen MR) is 110 cm³/mol. The number of benzene rings is 2. The van der Waals surface area contributed by atoms with E-state index in [0.717, 1.165) is 43.9 Å². The van der Waals surface area contributed by atoms with Crippen LogP contribution >= 0.6 is 0 Å². The van der Waals surface area contributed by atoms with Crippen molar-refractivity contribution in [2.24, 2.45) is 0 Å². The Morgan fingerprint density at radius 3 is 2.33 bits per heavy atom. The van der Waals surface area contributed by atoms with Gasteiger partial charge in [0.15, 0.2) is 17.6 Å². The standard InChI is InChI=1S/C23H29F2N3O2/c1-16(19-5-7-20(24)8-6-19)26-23(29)17(2)28-12-10-27(11-13-28)15-18-4-9-22(30-3)21(25)14-18/h4-9,14,16-17H,10-13,15H2,1-3H3,(H,26,29)/p+2/t16-,17-/m0/s1. The molecular weight excluding hydrogens is 388 g/mol. The minimum absolute atomic E-state index is 0.00232. The third kappa shape index (κ3) is 5.55. The molecule has 2 aromatic carbocycles. The van der Waals surface area contributed by atoms with Crippen LogP contribution in [0.4, 0.5) is 8.78 Å². The lowest BCUT2D eigenvalue weighted by Crippen LogP contribution is -3.29. The van der Waals surface area contributed by atoms with E-state index in [1.165, 1.54) is 35.1 Å². The van der Waals surface area contributed by atoms with E-state index in [0.29, 0.717) is 0 Å². The Bertz CT molecular complexity index is 852. The lowest BCUT2D eigenvalue weighted by atomic mass is 10.1. The van der Waals surface area contributed by atoms with Gasteiger partial charge in [-0.3, -0.25) is 4.79 Å². The van der Waals surface area contributed by atoms with Crippen LogP contribution < -0.4 is 19.9 Å². The van der Waals surface area contributed by atoms with Gasteiger partial charge in [-0.2, -0.15) is 0 Å². The van der Waals surface area contributed by atoms with E-state index in [1.807, 2.05) is 19.9 Å². The van der Waals surface area contributed by atoms with E-state index in [-0.39, 0.29) is 35.4 Å². The molecule has 0 saturated carbocycles. The average molecular weight is 420 g/mol. The van der Waals surface area contributed by atoms with Gasteiger partial charge in [-0.1, -0.05) is 12.1 Å². The molecular formula is C23H31F2N3O2+2. The topological polar surface area (TPSA) is 47.2 Å². The number of halogens is 2. The number of hydrogen-bond donors (Lipinski definition) is 3. The van der Waals surface area contributed by atoms with E-state index in [9.17, 15) is 13.6 Å². The first-order valence-electron chi connectivity index (χ1n) is 10.4. The molecule has 3 N–H and O–H groups in total. The van der Waals surface area contributed by atoms with Gasteiger partial charge in [-0.25, -0.2) is 8.78 Å². The number of amides is 1. The molecule has 3 rings (SSSR count). The summed E-state index contributed by atoms with van der Waals surface area (Å²) >= 11 is 0. The van der Waals surface area contributed by atoms with Crippen molar-refractivity contribution in [1.82, 2.24) is 5.32 Å². The zero-order valence-electron chi connectivity index (χ0n) is 17.8. The summed E-state index contributed by atoms with van der Waals surface area (Å²) in [7, 11) is 1.46. The van der Waals surface area contributed by atoms with Crippen molar-refractivity contribution in [3.05, 3.63) is 65.2 Å². The van der Waals surface area contributed by atoms with Crippen LogP contribution in [0.25, 0.3) is 0 Å². The third-order valence-corrected chi connectivity index (χ3v) is 6.00. The highest BCUT2D eigenvalue weighted by Gasteiger charge is 2.31. The van der Waals surface area contributed by atoms with Crippen molar-refractivity contribution in [3.63, 3.8) is 0 Å². The minimum atomic E-state index is -0.334. The van der Waals surface area contributed by atoms with Crippen molar-refractivity contribution < 1.29 is 28.1 Å². The maximum Gasteiger partial charge on any atom is 0.278 e.